The van der Waals surface area contributed by atoms with Gasteiger partial charge in [-0.2, -0.15) is 5.26 Å². The first-order valence-electron chi connectivity index (χ1n) is 5.14. The molecule has 3 heteroatoms. The largest absolute Gasteiger partial charge is 0.392 e. The van der Waals surface area contributed by atoms with Gasteiger partial charge in [-0.05, 0) is 28.8 Å². The Hall–Kier alpha value is -2.18. The van der Waals surface area contributed by atoms with Gasteiger partial charge in [0.2, 0.25) is 0 Å². The predicted molar refractivity (Wildman–Crippen MR) is 62.5 cm³/mol. The van der Waals surface area contributed by atoms with E-state index >= 15 is 0 Å². The van der Waals surface area contributed by atoms with Crippen LogP contribution in [-0.4, -0.2) is 5.11 Å². The summed E-state index contributed by atoms with van der Waals surface area (Å²) in [5.74, 6) is -0.419. The number of aliphatic hydroxyl groups excluding tert-OH is 1. The van der Waals surface area contributed by atoms with Crippen molar-refractivity contribution in [3.8, 4) is 17.2 Å². The summed E-state index contributed by atoms with van der Waals surface area (Å²) >= 11 is 0. The quantitative estimate of drug-likeness (QED) is 0.857. The fraction of sp³-hybridized carbons (Fsp3) is 0.0714. The van der Waals surface area contributed by atoms with Crippen molar-refractivity contribution in [2.45, 2.75) is 6.61 Å². The van der Waals surface area contributed by atoms with Crippen molar-refractivity contribution in [3.05, 3.63) is 59.4 Å². The lowest BCUT2D eigenvalue weighted by molar-refractivity contribution is 0.282. The van der Waals surface area contributed by atoms with Crippen molar-refractivity contribution in [1.29, 1.82) is 5.26 Å². The van der Waals surface area contributed by atoms with Gasteiger partial charge in [0.1, 0.15) is 5.82 Å². The van der Waals surface area contributed by atoms with Crippen LogP contribution in [0.25, 0.3) is 11.1 Å². The molecule has 2 aromatic rings. The minimum absolute atomic E-state index is 0.0190. The molecule has 0 radical (unpaired) electrons. The van der Waals surface area contributed by atoms with Crippen LogP contribution < -0.4 is 0 Å². The monoisotopic (exact) mass is 227 g/mol. The average Bonchev–Trinajstić information content (AvgIpc) is 2.39. The molecule has 0 saturated carbocycles. The fourth-order valence-corrected chi connectivity index (χ4v) is 1.65. The number of benzene rings is 2. The standard InChI is InChI=1S/C14H10FNO/c15-13-5-6-14(12(7-13)8-16)11-3-1-10(9-17)2-4-11/h1-7,17H,9H2. The Morgan fingerprint density at radius 2 is 1.82 bits per heavy atom. The van der Waals surface area contributed by atoms with E-state index in [0.717, 1.165) is 11.1 Å². The normalized spacial score (nSPS) is 9.94. The molecule has 2 nitrogen and oxygen atoms in total. The molecular weight excluding hydrogens is 217 g/mol. The van der Waals surface area contributed by atoms with Gasteiger partial charge in [0, 0.05) is 0 Å². The second-order valence-corrected chi connectivity index (χ2v) is 3.66. The number of nitriles is 1. The van der Waals surface area contributed by atoms with E-state index in [9.17, 15) is 4.39 Å². The lowest BCUT2D eigenvalue weighted by Gasteiger charge is -2.05. The molecule has 2 aromatic carbocycles. The highest BCUT2D eigenvalue weighted by molar-refractivity contribution is 5.70. The SMILES string of the molecule is N#Cc1cc(F)ccc1-c1ccc(CO)cc1. The summed E-state index contributed by atoms with van der Waals surface area (Å²) in [4.78, 5) is 0. The van der Waals surface area contributed by atoms with Gasteiger partial charge in [-0.3, -0.25) is 0 Å². The van der Waals surface area contributed by atoms with Gasteiger partial charge in [-0.15, -0.1) is 0 Å². The summed E-state index contributed by atoms with van der Waals surface area (Å²) in [7, 11) is 0. The second-order valence-electron chi connectivity index (χ2n) is 3.66. The minimum Gasteiger partial charge on any atom is -0.392 e. The molecule has 0 unspecified atom stereocenters. The third kappa shape index (κ3) is 2.32. The molecule has 0 saturated heterocycles. The lowest BCUT2D eigenvalue weighted by atomic mass is 9.99. The molecule has 84 valence electrons. The zero-order chi connectivity index (χ0) is 12.3. The third-order valence-electron chi connectivity index (χ3n) is 2.55. The Morgan fingerprint density at radius 1 is 1.12 bits per heavy atom. The molecule has 0 bridgehead atoms. The molecule has 17 heavy (non-hydrogen) atoms. The highest BCUT2D eigenvalue weighted by Crippen LogP contribution is 2.24. The van der Waals surface area contributed by atoms with Crippen molar-refractivity contribution in [1.82, 2.24) is 0 Å². The highest BCUT2D eigenvalue weighted by atomic mass is 19.1. The van der Waals surface area contributed by atoms with Gasteiger partial charge >= 0.3 is 0 Å². The Labute approximate surface area is 98.6 Å². The Bertz CT molecular complexity index is 570. The van der Waals surface area contributed by atoms with Gasteiger partial charge in [0.15, 0.2) is 0 Å². The van der Waals surface area contributed by atoms with E-state index in [1.54, 1.807) is 30.3 Å². The molecule has 0 fully saturated rings. The summed E-state index contributed by atoms with van der Waals surface area (Å²) in [6, 6.07) is 13.3. The smallest absolute Gasteiger partial charge is 0.124 e. The first kappa shape index (κ1) is 11.3. The molecular formula is C14H10FNO. The van der Waals surface area contributed by atoms with Gasteiger partial charge in [0.05, 0.1) is 18.2 Å². The van der Waals surface area contributed by atoms with Crippen molar-refractivity contribution in [3.63, 3.8) is 0 Å². The average molecular weight is 227 g/mol. The van der Waals surface area contributed by atoms with Crippen LogP contribution in [0.5, 0.6) is 0 Å². The van der Waals surface area contributed by atoms with Gasteiger partial charge in [0.25, 0.3) is 0 Å². The maximum atomic E-state index is 13.0. The molecule has 0 aliphatic carbocycles. The molecule has 0 aliphatic rings. The summed E-state index contributed by atoms with van der Waals surface area (Å²) in [6.07, 6.45) is 0. The maximum absolute atomic E-state index is 13.0. The van der Waals surface area contributed by atoms with Crippen LogP contribution >= 0.6 is 0 Å². The van der Waals surface area contributed by atoms with Crippen molar-refractivity contribution >= 4 is 0 Å². The fourth-order valence-electron chi connectivity index (χ4n) is 1.65. The summed E-state index contributed by atoms with van der Waals surface area (Å²) in [5, 5.41) is 17.9. The molecule has 0 spiro atoms. The van der Waals surface area contributed by atoms with E-state index in [1.807, 2.05) is 6.07 Å². The number of nitrogens with zero attached hydrogens (tertiary/aromatic N) is 1. The Kier molecular flexibility index (Phi) is 3.17. The van der Waals surface area contributed by atoms with Crippen LogP contribution in [0.1, 0.15) is 11.1 Å². The van der Waals surface area contributed by atoms with Crippen LogP contribution in [0.4, 0.5) is 4.39 Å². The van der Waals surface area contributed by atoms with E-state index in [0.29, 0.717) is 11.1 Å². The Morgan fingerprint density at radius 3 is 2.41 bits per heavy atom. The summed E-state index contributed by atoms with van der Waals surface area (Å²) in [6.45, 7) is -0.0190. The zero-order valence-electron chi connectivity index (χ0n) is 9.02. The lowest BCUT2D eigenvalue weighted by Crippen LogP contribution is -1.88. The van der Waals surface area contributed by atoms with Crippen molar-refractivity contribution in [2.24, 2.45) is 0 Å². The number of hydrogen-bond donors (Lipinski definition) is 1. The van der Waals surface area contributed by atoms with Crippen LogP contribution in [0.2, 0.25) is 0 Å². The van der Waals surface area contributed by atoms with E-state index < -0.39 is 5.82 Å². The van der Waals surface area contributed by atoms with E-state index in [1.165, 1.54) is 12.1 Å². The first-order valence-corrected chi connectivity index (χ1v) is 5.14. The molecule has 0 aliphatic heterocycles. The van der Waals surface area contributed by atoms with Crippen molar-refractivity contribution < 1.29 is 9.50 Å². The predicted octanol–water partition coefficient (Wildman–Crippen LogP) is 2.86. The minimum atomic E-state index is -0.419. The summed E-state index contributed by atoms with van der Waals surface area (Å²) < 4.78 is 13.0. The first-order chi connectivity index (χ1) is 8.24. The van der Waals surface area contributed by atoms with Crippen LogP contribution in [0, 0.1) is 17.1 Å². The maximum Gasteiger partial charge on any atom is 0.124 e. The number of hydrogen-bond acceptors (Lipinski definition) is 2. The van der Waals surface area contributed by atoms with Gasteiger partial charge in [-0.1, -0.05) is 30.3 Å². The van der Waals surface area contributed by atoms with Crippen LogP contribution in [0.3, 0.4) is 0 Å². The van der Waals surface area contributed by atoms with Crippen molar-refractivity contribution in [2.75, 3.05) is 0 Å². The third-order valence-corrected chi connectivity index (χ3v) is 2.55. The molecule has 2 rings (SSSR count). The zero-order valence-corrected chi connectivity index (χ0v) is 9.02. The summed E-state index contributed by atoms with van der Waals surface area (Å²) in [5.41, 5.74) is 2.63. The Balaban J connectivity index is 2.49. The van der Waals surface area contributed by atoms with E-state index in [4.69, 9.17) is 10.4 Å². The molecule has 0 aromatic heterocycles. The van der Waals surface area contributed by atoms with E-state index in [-0.39, 0.29) is 6.61 Å². The highest BCUT2D eigenvalue weighted by Gasteiger charge is 2.06. The number of halogens is 1. The molecule has 0 heterocycles. The van der Waals surface area contributed by atoms with Crippen LogP contribution in [0.15, 0.2) is 42.5 Å². The molecule has 0 amide bonds. The topological polar surface area (TPSA) is 44.0 Å². The second kappa shape index (κ2) is 4.77. The molecule has 0 atom stereocenters. The number of aliphatic hydroxyl groups is 1. The van der Waals surface area contributed by atoms with Gasteiger partial charge in [-0.25, -0.2) is 4.39 Å². The van der Waals surface area contributed by atoms with E-state index in [2.05, 4.69) is 0 Å². The number of rotatable bonds is 2. The van der Waals surface area contributed by atoms with Gasteiger partial charge < -0.3 is 5.11 Å². The van der Waals surface area contributed by atoms with Crippen LogP contribution in [-0.2, 0) is 6.61 Å². The molecule has 1 N–H and O–H groups in total.